The average Bonchev–Trinajstić information content (AvgIpc) is 2.89. The van der Waals surface area contributed by atoms with Crippen LogP contribution in [-0.2, 0) is 10.0 Å². The summed E-state index contributed by atoms with van der Waals surface area (Å²) in [5, 5.41) is 3.49. The highest BCUT2D eigenvalue weighted by atomic mass is 32.2. The van der Waals surface area contributed by atoms with Crippen molar-refractivity contribution in [1.82, 2.24) is 4.98 Å². The first-order valence-electron chi connectivity index (χ1n) is 9.10. The highest BCUT2D eigenvalue weighted by molar-refractivity contribution is 7.93. The van der Waals surface area contributed by atoms with E-state index >= 15 is 0 Å². The first-order chi connectivity index (χ1) is 14.5. The zero-order valence-electron chi connectivity index (χ0n) is 15.5. The maximum Gasteiger partial charge on any atom is 0.264 e. The molecular weight excluding hydrogens is 402 g/mol. The van der Waals surface area contributed by atoms with Gasteiger partial charge in [0.15, 0.2) is 5.75 Å². The van der Waals surface area contributed by atoms with Crippen LogP contribution in [0.3, 0.4) is 0 Å². The van der Waals surface area contributed by atoms with Crippen molar-refractivity contribution in [3.8, 4) is 11.5 Å². The molecule has 0 spiro atoms. The average molecular weight is 417 g/mol. The number of carbonyl (C=O) groups is 1. The van der Waals surface area contributed by atoms with Crippen molar-refractivity contribution in [2.45, 2.75) is 4.90 Å². The molecule has 0 aliphatic carbocycles. The van der Waals surface area contributed by atoms with Crippen LogP contribution in [0.25, 0.3) is 10.9 Å². The van der Waals surface area contributed by atoms with E-state index in [2.05, 4.69) is 15.0 Å². The highest BCUT2D eigenvalue weighted by Gasteiger charge is 2.23. The lowest BCUT2D eigenvalue weighted by molar-refractivity contribution is 0.102. The van der Waals surface area contributed by atoms with Crippen LogP contribution >= 0.6 is 0 Å². The summed E-state index contributed by atoms with van der Waals surface area (Å²) in [7, 11) is -3.93. The highest BCUT2D eigenvalue weighted by Crippen LogP contribution is 2.36. The minimum absolute atomic E-state index is 0.0589. The van der Waals surface area contributed by atoms with Crippen LogP contribution in [-0.4, -0.2) is 19.3 Å². The monoisotopic (exact) mass is 417 g/mol. The molecule has 4 aromatic rings. The zero-order valence-corrected chi connectivity index (χ0v) is 16.3. The van der Waals surface area contributed by atoms with Gasteiger partial charge in [0, 0.05) is 17.3 Å². The largest absolute Gasteiger partial charge is 0.454 e. The van der Waals surface area contributed by atoms with Gasteiger partial charge < -0.3 is 10.1 Å². The van der Waals surface area contributed by atoms with Gasteiger partial charge >= 0.3 is 0 Å². The van der Waals surface area contributed by atoms with Crippen molar-refractivity contribution < 1.29 is 17.9 Å². The molecule has 2 N–H and O–H groups in total. The van der Waals surface area contributed by atoms with E-state index in [4.69, 9.17) is 4.74 Å². The molecule has 1 aliphatic rings. The number of benzene rings is 3. The van der Waals surface area contributed by atoms with Crippen molar-refractivity contribution in [2.75, 3.05) is 10.0 Å². The molecule has 30 heavy (non-hydrogen) atoms. The van der Waals surface area contributed by atoms with Gasteiger partial charge in [-0.05, 0) is 42.5 Å². The molecule has 7 nitrogen and oxygen atoms in total. The number of carbonyl (C=O) groups excluding carboxylic acids is 1. The van der Waals surface area contributed by atoms with E-state index in [1.54, 1.807) is 66.9 Å². The Hall–Kier alpha value is -3.91. The molecule has 0 radical (unpaired) electrons. The maximum atomic E-state index is 13.0. The number of pyridine rings is 1. The van der Waals surface area contributed by atoms with E-state index < -0.39 is 10.0 Å². The lowest BCUT2D eigenvalue weighted by atomic mass is 10.1. The number of hydrogen-bond acceptors (Lipinski definition) is 5. The molecule has 0 saturated heterocycles. The molecule has 0 saturated carbocycles. The van der Waals surface area contributed by atoms with Crippen LogP contribution in [0, 0.1) is 0 Å². The summed E-state index contributed by atoms with van der Waals surface area (Å²) < 4.78 is 34.4. The third-order valence-electron chi connectivity index (χ3n) is 4.72. The third kappa shape index (κ3) is 3.13. The van der Waals surface area contributed by atoms with Crippen molar-refractivity contribution in [3.05, 3.63) is 84.6 Å². The van der Waals surface area contributed by atoms with Gasteiger partial charge in [0.25, 0.3) is 15.9 Å². The predicted octanol–water partition coefficient (Wildman–Crippen LogP) is 4.39. The topological polar surface area (TPSA) is 97.4 Å². The van der Waals surface area contributed by atoms with Crippen molar-refractivity contribution >= 4 is 38.2 Å². The van der Waals surface area contributed by atoms with E-state index in [0.29, 0.717) is 28.1 Å². The molecule has 1 amide bonds. The normalized spacial score (nSPS) is 12.9. The van der Waals surface area contributed by atoms with Crippen LogP contribution in [0.4, 0.5) is 11.4 Å². The Kier molecular flexibility index (Phi) is 4.14. The van der Waals surface area contributed by atoms with E-state index in [9.17, 15) is 13.2 Å². The fourth-order valence-corrected chi connectivity index (χ4v) is 4.56. The molecule has 148 valence electrons. The zero-order chi connectivity index (χ0) is 20.7. The molecule has 1 aliphatic heterocycles. The molecule has 0 bridgehead atoms. The van der Waals surface area contributed by atoms with Gasteiger partial charge in [0.05, 0.1) is 16.8 Å². The van der Waals surface area contributed by atoms with Crippen molar-refractivity contribution in [2.24, 2.45) is 0 Å². The lowest BCUT2D eigenvalue weighted by Gasteiger charge is -2.12. The first-order valence-corrected chi connectivity index (χ1v) is 10.6. The second-order valence-electron chi connectivity index (χ2n) is 6.70. The number of sulfonamides is 1. The summed E-state index contributed by atoms with van der Waals surface area (Å²) in [5.41, 5.74) is 1.38. The van der Waals surface area contributed by atoms with Crippen molar-refractivity contribution in [1.29, 1.82) is 0 Å². The predicted molar refractivity (Wildman–Crippen MR) is 113 cm³/mol. The fraction of sp³-hybridized carbons (Fsp3) is 0. The Morgan fingerprint density at radius 2 is 1.73 bits per heavy atom. The van der Waals surface area contributed by atoms with Crippen LogP contribution in [0.1, 0.15) is 10.4 Å². The second-order valence-corrected chi connectivity index (χ2v) is 8.35. The van der Waals surface area contributed by atoms with Gasteiger partial charge in [-0.3, -0.25) is 14.5 Å². The number of amides is 1. The Bertz CT molecular complexity index is 1410. The summed E-state index contributed by atoms with van der Waals surface area (Å²) in [4.78, 5) is 16.9. The SMILES string of the molecule is O=C1Nc2ccccc2Oc2ccc(NS(=O)(=O)c3cccc4cccnc34)cc21. The van der Waals surface area contributed by atoms with E-state index in [1.165, 1.54) is 12.1 Å². The van der Waals surface area contributed by atoms with Crippen LogP contribution in [0.15, 0.2) is 83.9 Å². The van der Waals surface area contributed by atoms with Crippen LogP contribution < -0.4 is 14.8 Å². The van der Waals surface area contributed by atoms with Gasteiger partial charge in [-0.2, -0.15) is 0 Å². The first kappa shape index (κ1) is 18.1. The molecule has 0 fully saturated rings. The number of nitrogens with zero attached hydrogens (tertiary/aromatic N) is 1. The van der Waals surface area contributed by atoms with Crippen LogP contribution in [0.5, 0.6) is 11.5 Å². The number of rotatable bonds is 3. The Morgan fingerprint density at radius 1 is 0.900 bits per heavy atom. The number of aromatic nitrogens is 1. The number of anilines is 2. The summed E-state index contributed by atoms with van der Waals surface area (Å²) >= 11 is 0. The van der Waals surface area contributed by atoms with Crippen LogP contribution in [0.2, 0.25) is 0 Å². The summed E-state index contributed by atoms with van der Waals surface area (Å²) in [6, 6.07) is 20.1. The fourth-order valence-electron chi connectivity index (χ4n) is 3.33. The Balaban J connectivity index is 1.52. The minimum Gasteiger partial charge on any atom is -0.454 e. The second kappa shape index (κ2) is 6.85. The molecule has 8 heteroatoms. The molecule has 0 unspecified atom stereocenters. The van der Waals surface area contributed by atoms with Gasteiger partial charge in [-0.25, -0.2) is 8.42 Å². The molecule has 1 aromatic heterocycles. The smallest absolute Gasteiger partial charge is 0.264 e. The number of nitrogens with one attached hydrogen (secondary N) is 2. The third-order valence-corrected chi connectivity index (χ3v) is 6.13. The molecular formula is C22H15N3O4S. The Morgan fingerprint density at radius 3 is 2.63 bits per heavy atom. The van der Waals surface area contributed by atoms with Gasteiger partial charge in [0.2, 0.25) is 0 Å². The number of para-hydroxylation sites is 3. The minimum atomic E-state index is -3.93. The molecule has 3 aromatic carbocycles. The standard InChI is InChI=1S/C22H15N3O4S/c26-22-16-13-15(10-11-18(16)29-19-8-2-1-7-17(19)24-22)25-30(27,28)20-9-3-5-14-6-4-12-23-21(14)20/h1-13,25H,(H,24,26). The maximum absolute atomic E-state index is 13.0. The van der Waals surface area contributed by atoms with Crippen molar-refractivity contribution in [3.63, 3.8) is 0 Å². The van der Waals surface area contributed by atoms with Gasteiger partial charge in [-0.15, -0.1) is 0 Å². The van der Waals surface area contributed by atoms with E-state index in [0.717, 1.165) is 0 Å². The summed E-state index contributed by atoms with van der Waals surface area (Å²) in [5.74, 6) is 0.467. The molecule has 0 atom stereocenters. The number of ether oxygens (including phenoxy) is 1. The number of fused-ring (bicyclic) bond motifs is 3. The summed E-state index contributed by atoms with van der Waals surface area (Å²) in [6.45, 7) is 0. The van der Waals surface area contributed by atoms with Gasteiger partial charge in [-0.1, -0.05) is 30.3 Å². The van der Waals surface area contributed by atoms with Gasteiger partial charge in [0.1, 0.15) is 10.6 Å². The molecule has 2 heterocycles. The molecule has 5 rings (SSSR count). The van der Waals surface area contributed by atoms with E-state index in [1.807, 2.05) is 0 Å². The lowest BCUT2D eigenvalue weighted by Crippen LogP contribution is -2.15. The quantitative estimate of drug-likeness (QED) is 0.515. The Labute approximate surface area is 172 Å². The summed E-state index contributed by atoms with van der Waals surface area (Å²) in [6.07, 6.45) is 1.54. The number of hydrogen-bond donors (Lipinski definition) is 2. The van der Waals surface area contributed by atoms with E-state index in [-0.39, 0.29) is 22.1 Å².